The fourth-order valence-electron chi connectivity index (χ4n) is 8.49. The summed E-state index contributed by atoms with van der Waals surface area (Å²) in [7, 11) is 0. The topological polar surface area (TPSA) is 34.1 Å². The second kappa shape index (κ2) is 5.08. The van der Waals surface area contributed by atoms with E-state index < -0.39 is 0 Å². The van der Waals surface area contributed by atoms with Crippen molar-refractivity contribution in [3.63, 3.8) is 0 Å². The Morgan fingerprint density at radius 3 is 2.44 bits per heavy atom. The quantitative estimate of drug-likeness (QED) is 0.603. The molecule has 1 spiro atoms. The normalized spacial score (nSPS) is 51.9. The number of allylic oxidation sites excluding steroid dienone is 1. The smallest absolute Gasteiger partial charge is 0.155 e. The predicted molar refractivity (Wildman–Crippen MR) is 98.0 cm³/mol. The number of carbonyl (C=O) groups excluding carboxylic acids is 2. The molecule has 0 aromatic heterocycles. The van der Waals surface area contributed by atoms with Gasteiger partial charge in [-0.05, 0) is 92.4 Å². The summed E-state index contributed by atoms with van der Waals surface area (Å²) in [5, 5.41) is 0. The molecule has 0 radical (unpaired) electrons. The first-order valence-corrected chi connectivity index (χ1v) is 10.7. The van der Waals surface area contributed by atoms with Crippen molar-refractivity contribution in [1.29, 1.82) is 0 Å². The van der Waals surface area contributed by atoms with Gasteiger partial charge in [0.25, 0.3) is 0 Å². The van der Waals surface area contributed by atoms with E-state index in [4.69, 9.17) is 0 Å². The van der Waals surface area contributed by atoms with E-state index in [1.807, 2.05) is 6.08 Å². The highest BCUT2D eigenvalue weighted by Gasteiger charge is 2.66. The molecule has 5 rings (SSSR count). The Morgan fingerprint density at radius 2 is 1.68 bits per heavy atom. The molecule has 25 heavy (non-hydrogen) atoms. The van der Waals surface area contributed by atoms with Crippen molar-refractivity contribution in [2.24, 2.45) is 34.0 Å². The summed E-state index contributed by atoms with van der Waals surface area (Å²) >= 11 is 0. The van der Waals surface area contributed by atoms with E-state index in [9.17, 15) is 9.59 Å². The number of ketones is 2. The molecule has 2 unspecified atom stereocenters. The molecular formula is C23H32O2. The number of hydrogen-bond acceptors (Lipinski definition) is 2. The van der Waals surface area contributed by atoms with Crippen molar-refractivity contribution < 1.29 is 9.59 Å². The Balaban J connectivity index is 1.51. The number of rotatable bonds is 0. The van der Waals surface area contributed by atoms with Crippen molar-refractivity contribution in [3.05, 3.63) is 11.6 Å². The first kappa shape index (κ1) is 16.3. The minimum Gasteiger partial charge on any atom is -0.299 e. The number of hydrogen-bond donors (Lipinski definition) is 0. The second-order valence-corrected chi connectivity index (χ2v) is 10.3. The van der Waals surface area contributed by atoms with Gasteiger partial charge in [0.1, 0.15) is 5.78 Å². The van der Waals surface area contributed by atoms with Crippen LogP contribution in [-0.2, 0) is 9.59 Å². The van der Waals surface area contributed by atoms with Gasteiger partial charge in [-0.3, -0.25) is 9.59 Å². The van der Waals surface area contributed by atoms with Gasteiger partial charge in [-0.15, -0.1) is 0 Å². The molecule has 0 N–H and O–H groups in total. The Labute approximate surface area is 151 Å². The molecule has 2 heteroatoms. The Bertz CT molecular complexity index is 676. The molecule has 4 saturated carbocycles. The van der Waals surface area contributed by atoms with Crippen LogP contribution in [0.2, 0.25) is 0 Å². The summed E-state index contributed by atoms with van der Waals surface area (Å²) in [4.78, 5) is 24.8. The van der Waals surface area contributed by atoms with Crippen molar-refractivity contribution in [3.8, 4) is 0 Å². The third kappa shape index (κ3) is 1.87. The van der Waals surface area contributed by atoms with Gasteiger partial charge in [0, 0.05) is 18.3 Å². The second-order valence-electron chi connectivity index (χ2n) is 10.3. The van der Waals surface area contributed by atoms with Gasteiger partial charge < -0.3 is 0 Å². The van der Waals surface area contributed by atoms with Crippen molar-refractivity contribution in [2.45, 2.75) is 84.5 Å². The summed E-state index contributed by atoms with van der Waals surface area (Å²) in [6.07, 6.45) is 14.3. The third-order valence-corrected chi connectivity index (χ3v) is 9.87. The Hall–Kier alpha value is -0.920. The number of carbonyl (C=O) groups is 2. The first-order chi connectivity index (χ1) is 11.9. The standard InChI is InChI=1S/C23H32O2/c1-21-11-7-16(24)14-15(21)5-6-17-18(21)8-12-22(2)19(17)9-13-23(22)10-3-4-20(23)25/h14,17-19H,3-13H2,1-2H3/t17?,18-,19?,21+,22+,23-/m0/s1. The van der Waals surface area contributed by atoms with Crippen molar-refractivity contribution >= 4 is 11.6 Å². The highest BCUT2D eigenvalue weighted by Crippen LogP contribution is 2.72. The summed E-state index contributed by atoms with van der Waals surface area (Å²) in [6.45, 7) is 4.94. The van der Waals surface area contributed by atoms with E-state index in [-0.39, 0.29) is 16.2 Å². The highest BCUT2D eigenvalue weighted by molar-refractivity contribution is 5.91. The van der Waals surface area contributed by atoms with Crippen LogP contribution in [0.1, 0.15) is 84.5 Å². The van der Waals surface area contributed by atoms with Crippen LogP contribution in [0.5, 0.6) is 0 Å². The van der Waals surface area contributed by atoms with E-state index in [2.05, 4.69) is 13.8 Å². The summed E-state index contributed by atoms with van der Waals surface area (Å²) in [6, 6.07) is 0. The molecule has 2 nitrogen and oxygen atoms in total. The van der Waals surface area contributed by atoms with Gasteiger partial charge in [0.05, 0.1) is 0 Å². The monoisotopic (exact) mass is 340 g/mol. The largest absolute Gasteiger partial charge is 0.299 e. The van der Waals surface area contributed by atoms with E-state index in [0.717, 1.165) is 62.7 Å². The van der Waals surface area contributed by atoms with Crippen molar-refractivity contribution in [1.82, 2.24) is 0 Å². The average molecular weight is 341 g/mol. The lowest BCUT2D eigenvalue weighted by Crippen LogP contribution is -2.53. The SMILES string of the molecule is C[C@@]12CCC(=O)C=C1CCC1C3CC[C@]4(CCCC4=O)[C@]3(C)CC[C@@H]12. The molecule has 0 heterocycles. The molecule has 5 aliphatic rings. The van der Waals surface area contributed by atoms with Gasteiger partial charge >= 0.3 is 0 Å². The van der Waals surface area contributed by atoms with Crippen LogP contribution in [0, 0.1) is 34.0 Å². The van der Waals surface area contributed by atoms with Gasteiger partial charge in [-0.25, -0.2) is 0 Å². The molecule has 5 aliphatic carbocycles. The molecule has 136 valence electrons. The van der Waals surface area contributed by atoms with Crippen LogP contribution >= 0.6 is 0 Å². The molecule has 0 bridgehead atoms. The minimum absolute atomic E-state index is 0.0299. The minimum atomic E-state index is 0.0299. The van der Waals surface area contributed by atoms with Gasteiger partial charge in [0.2, 0.25) is 0 Å². The number of fused-ring (bicyclic) bond motifs is 6. The van der Waals surface area contributed by atoms with Crippen molar-refractivity contribution in [2.75, 3.05) is 0 Å². The fraction of sp³-hybridized carbons (Fsp3) is 0.826. The van der Waals surface area contributed by atoms with Gasteiger partial charge in [-0.1, -0.05) is 19.4 Å². The van der Waals surface area contributed by atoms with E-state index in [1.54, 1.807) is 0 Å². The molecule has 0 saturated heterocycles. The lowest BCUT2D eigenvalue weighted by molar-refractivity contribution is -0.139. The predicted octanol–water partition coefficient (Wildman–Crippen LogP) is 5.26. The average Bonchev–Trinajstić information content (AvgIpc) is 3.10. The van der Waals surface area contributed by atoms with Crippen LogP contribution in [0.15, 0.2) is 11.6 Å². The lowest BCUT2D eigenvalue weighted by atomic mass is 9.45. The molecule has 0 aliphatic heterocycles. The van der Waals surface area contributed by atoms with E-state index >= 15 is 0 Å². The zero-order valence-corrected chi connectivity index (χ0v) is 15.9. The summed E-state index contributed by atoms with van der Waals surface area (Å²) in [5.74, 6) is 3.21. The molecule has 4 fully saturated rings. The maximum absolute atomic E-state index is 12.9. The zero-order chi connectivity index (χ0) is 17.4. The Kier molecular flexibility index (Phi) is 3.30. The molecule has 0 aromatic rings. The molecule has 0 amide bonds. The number of Topliss-reactive ketones (excluding diaryl/α,β-unsaturated/α-hetero) is 1. The lowest BCUT2D eigenvalue weighted by Gasteiger charge is -2.59. The first-order valence-electron chi connectivity index (χ1n) is 10.7. The Morgan fingerprint density at radius 1 is 0.880 bits per heavy atom. The maximum Gasteiger partial charge on any atom is 0.155 e. The maximum atomic E-state index is 12.9. The van der Waals surface area contributed by atoms with E-state index in [0.29, 0.717) is 11.6 Å². The van der Waals surface area contributed by atoms with Crippen LogP contribution < -0.4 is 0 Å². The van der Waals surface area contributed by atoms with Crippen LogP contribution in [-0.4, -0.2) is 11.6 Å². The molecule has 6 atom stereocenters. The van der Waals surface area contributed by atoms with Gasteiger partial charge in [0.15, 0.2) is 5.78 Å². The van der Waals surface area contributed by atoms with Crippen LogP contribution in [0.3, 0.4) is 0 Å². The fourth-order valence-corrected chi connectivity index (χ4v) is 8.49. The molecular weight excluding hydrogens is 308 g/mol. The third-order valence-electron chi connectivity index (χ3n) is 9.87. The highest BCUT2D eigenvalue weighted by atomic mass is 16.1. The van der Waals surface area contributed by atoms with Crippen LogP contribution in [0.25, 0.3) is 0 Å². The summed E-state index contributed by atoms with van der Waals surface area (Å²) in [5.41, 5.74) is 2.00. The summed E-state index contributed by atoms with van der Waals surface area (Å²) < 4.78 is 0. The van der Waals surface area contributed by atoms with Gasteiger partial charge in [-0.2, -0.15) is 0 Å². The van der Waals surface area contributed by atoms with Crippen LogP contribution in [0.4, 0.5) is 0 Å². The van der Waals surface area contributed by atoms with E-state index in [1.165, 1.54) is 31.3 Å². The molecule has 0 aromatic carbocycles. The zero-order valence-electron chi connectivity index (χ0n) is 15.9.